The van der Waals surface area contributed by atoms with Crippen molar-refractivity contribution in [3.63, 3.8) is 0 Å². The second kappa shape index (κ2) is 6.59. The number of thioether (sulfide) groups is 1. The zero-order valence-corrected chi connectivity index (χ0v) is 15.6. The van der Waals surface area contributed by atoms with E-state index in [9.17, 15) is 9.59 Å². The molecule has 4 rings (SSSR count). The van der Waals surface area contributed by atoms with E-state index in [1.807, 2.05) is 30.7 Å². The molecular formula is C18H22N4O3S. The predicted molar refractivity (Wildman–Crippen MR) is 101 cm³/mol. The van der Waals surface area contributed by atoms with E-state index in [1.165, 1.54) is 11.8 Å². The van der Waals surface area contributed by atoms with Gasteiger partial charge in [-0.05, 0) is 38.3 Å². The number of amides is 1. The summed E-state index contributed by atoms with van der Waals surface area (Å²) >= 11 is 1.45. The number of hydrogen-bond acceptors (Lipinski definition) is 5. The molecule has 0 bridgehead atoms. The van der Waals surface area contributed by atoms with Crippen molar-refractivity contribution in [2.24, 2.45) is 0 Å². The summed E-state index contributed by atoms with van der Waals surface area (Å²) in [5, 5.41) is 5.69. The molecule has 7 nitrogen and oxygen atoms in total. The fourth-order valence-electron chi connectivity index (χ4n) is 3.73. The van der Waals surface area contributed by atoms with Gasteiger partial charge in [-0.25, -0.2) is 0 Å². The van der Waals surface area contributed by atoms with E-state index >= 15 is 0 Å². The highest BCUT2D eigenvalue weighted by molar-refractivity contribution is 8.00. The summed E-state index contributed by atoms with van der Waals surface area (Å²) < 4.78 is 7.64. The molecule has 0 unspecified atom stereocenters. The largest absolute Gasteiger partial charge is 0.375 e. The highest BCUT2D eigenvalue weighted by Crippen LogP contribution is 2.41. The standard InChI is InChI=1S/C18H22N4O3S/c1-18(2)8-12(5-7-25-18)22-16-14(17(24)21-22)15(26-10-13(23)20-16)11-4-3-6-19-9-11/h3-4,6,9,12,15H,5,7-8,10H2,1-2H3,(H,20,23)(H,21,24)/t12-,15+/m0/s1. The van der Waals surface area contributed by atoms with Crippen molar-refractivity contribution < 1.29 is 9.53 Å². The number of nitrogens with one attached hydrogen (secondary N) is 2. The normalized spacial score (nSPS) is 25.2. The van der Waals surface area contributed by atoms with E-state index in [-0.39, 0.29) is 28.4 Å². The summed E-state index contributed by atoms with van der Waals surface area (Å²) in [4.78, 5) is 29.3. The van der Waals surface area contributed by atoms with Crippen LogP contribution < -0.4 is 10.9 Å². The summed E-state index contributed by atoms with van der Waals surface area (Å²) in [6, 6.07) is 3.87. The number of aromatic nitrogens is 3. The number of ether oxygens (including phenoxy) is 1. The Balaban J connectivity index is 1.80. The number of rotatable bonds is 2. The Kier molecular flexibility index (Phi) is 4.40. The van der Waals surface area contributed by atoms with E-state index in [0.717, 1.165) is 18.4 Å². The maximum absolute atomic E-state index is 12.8. The molecule has 2 atom stereocenters. The van der Waals surface area contributed by atoms with Gasteiger partial charge in [0.1, 0.15) is 5.82 Å². The summed E-state index contributed by atoms with van der Waals surface area (Å²) in [6.45, 7) is 4.72. The van der Waals surface area contributed by atoms with Crippen LogP contribution in [0.4, 0.5) is 5.82 Å². The van der Waals surface area contributed by atoms with Gasteiger partial charge in [0.05, 0.1) is 28.2 Å². The summed E-state index contributed by atoms with van der Waals surface area (Å²) in [6.07, 6.45) is 5.02. The number of hydrogen-bond donors (Lipinski definition) is 2. The van der Waals surface area contributed by atoms with Gasteiger partial charge in [-0.15, -0.1) is 11.8 Å². The van der Waals surface area contributed by atoms with Crippen LogP contribution >= 0.6 is 11.8 Å². The molecule has 2 N–H and O–H groups in total. The molecule has 0 aromatic carbocycles. The monoisotopic (exact) mass is 374 g/mol. The molecule has 0 radical (unpaired) electrons. The third-order valence-corrected chi connectivity index (χ3v) is 6.16. The average molecular weight is 374 g/mol. The molecule has 138 valence electrons. The van der Waals surface area contributed by atoms with Crippen molar-refractivity contribution in [2.45, 2.75) is 43.6 Å². The fraction of sp³-hybridized carbons (Fsp3) is 0.500. The molecule has 1 saturated heterocycles. The summed E-state index contributed by atoms with van der Waals surface area (Å²) in [7, 11) is 0. The van der Waals surface area contributed by atoms with Gasteiger partial charge in [0, 0.05) is 19.0 Å². The van der Waals surface area contributed by atoms with Crippen LogP contribution in [0.2, 0.25) is 0 Å². The summed E-state index contributed by atoms with van der Waals surface area (Å²) in [5.41, 5.74) is 1.10. The number of anilines is 1. The van der Waals surface area contributed by atoms with Crippen molar-refractivity contribution in [3.05, 3.63) is 46.0 Å². The number of carbonyl (C=O) groups excluding carboxylic acids is 1. The second-order valence-corrected chi connectivity index (χ2v) is 8.45. The van der Waals surface area contributed by atoms with Crippen LogP contribution in [0.5, 0.6) is 0 Å². The molecule has 8 heteroatoms. The van der Waals surface area contributed by atoms with Crippen LogP contribution in [0.25, 0.3) is 0 Å². The molecule has 26 heavy (non-hydrogen) atoms. The lowest BCUT2D eigenvalue weighted by atomic mass is 9.94. The first-order chi connectivity index (χ1) is 12.4. The quantitative estimate of drug-likeness (QED) is 0.843. The van der Waals surface area contributed by atoms with Crippen LogP contribution in [0, 0.1) is 0 Å². The third-order valence-electron chi connectivity index (χ3n) is 4.89. The highest BCUT2D eigenvalue weighted by Gasteiger charge is 2.35. The van der Waals surface area contributed by atoms with E-state index in [1.54, 1.807) is 12.4 Å². The molecule has 0 saturated carbocycles. The van der Waals surface area contributed by atoms with Gasteiger partial charge in [-0.3, -0.25) is 24.4 Å². The lowest BCUT2D eigenvalue weighted by Gasteiger charge is -2.36. The van der Waals surface area contributed by atoms with Crippen molar-refractivity contribution in [2.75, 3.05) is 17.7 Å². The maximum atomic E-state index is 12.8. The van der Waals surface area contributed by atoms with Crippen molar-refractivity contribution in [1.29, 1.82) is 0 Å². The van der Waals surface area contributed by atoms with Gasteiger partial charge < -0.3 is 10.1 Å². The van der Waals surface area contributed by atoms with Crippen LogP contribution in [-0.4, -0.2) is 38.6 Å². The van der Waals surface area contributed by atoms with Gasteiger partial charge in [0.15, 0.2) is 0 Å². The highest BCUT2D eigenvalue weighted by atomic mass is 32.2. The van der Waals surface area contributed by atoms with E-state index in [0.29, 0.717) is 23.7 Å². The Morgan fingerprint density at radius 1 is 1.38 bits per heavy atom. The lowest BCUT2D eigenvalue weighted by Crippen LogP contribution is -2.36. The minimum atomic E-state index is -0.261. The average Bonchev–Trinajstić information content (AvgIpc) is 2.81. The number of carbonyl (C=O) groups is 1. The van der Waals surface area contributed by atoms with E-state index in [4.69, 9.17) is 4.74 Å². The van der Waals surface area contributed by atoms with Crippen LogP contribution in [0.15, 0.2) is 29.3 Å². The van der Waals surface area contributed by atoms with Gasteiger partial charge in [0.25, 0.3) is 5.56 Å². The Morgan fingerprint density at radius 3 is 2.96 bits per heavy atom. The molecule has 1 amide bonds. The molecule has 4 heterocycles. The first-order valence-electron chi connectivity index (χ1n) is 8.74. The van der Waals surface area contributed by atoms with Gasteiger partial charge >= 0.3 is 0 Å². The number of H-pyrrole nitrogens is 1. The number of pyridine rings is 1. The SMILES string of the molecule is CC1(C)C[C@@H](n2[nH]c(=O)c3c2NC(=O)CS[C@@H]3c2cccnc2)CCO1. The smallest absolute Gasteiger partial charge is 0.270 e. The molecule has 0 aliphatic carbocycles. The van der Waals surface area contributed by atoms with Crippen molar-refractivity contribution >= 4 is 23.5 Å². The Bertz CT molecular complexity index is 874. The van der Waals surface area contributed by atoms with Crippen LogP contribution in [0.3, 0.4) is 0 Å². The number of fused-ring (bicyclic) bond motifs is 1. The summed E-state index contributed by atoms with van der Waals surface area (Å²) in [5.74, 6) is 0.788. The van der Waals surface area contributed by atoms with Gasteiger partial charge in [0.2, 0.25) is 5.91 Å². The minimum Gasteiger partial charge on any atom is -0.375 e. The fourth-order valence-corrected chi connectivity index (χ4v) is 4.84. The molecule has 2 aliphatic rings. The Labute approximate surface area is 155 Å². The third kappa shape index (κ3) is 3.19. The number of nitrogens with zero attached hydrogens (tertiary/aromatic N) is 2. The molecule has 2 aromatic heterocycles. The predicted octanol–water partition coefficient (Wildman–Crippen LogP) is 2.48. The first kappa shape index (κ1) is 17.4. The second-order valence-electron chi connectivity index (χ2n) is 7.35. The molecule has 1 fully saturated rings. The zero-order chi connectivity index (χ0) is 18.3. The van der Waals surface area contributed by atoms with Gasteiger partial charge in [-0.2, -0.15) is 0 Å². The molecular weight excluding hydrogens is 352 g/mol. The number of aromatic amines is 1. The molecule has 2 aromatic rings. The van der Waals surface area contributed by atoms with Crippen LogP contribution in [0.1, 0.15) is 49.1 Å². The van der Waals surface area contributed by atoms with Crippen molar-refractivity contribution in [3.8, 4) is 0 Å². The molecule has 2 aliphatic heterocycles. The first-order valence-corrected chi connectivity index (χ1v) is 9.79. The topological polar surface area (TPSA) is 89.0 Å². The van der Waals surface area contributed by atoms with Crippen molar-refractivity contribution in [1.82, 2.24) is 14.8 Å². The van der Waals surface area contributed by atoms with E-state index in [2.05, 4.69) is 15.4 Å². The van der Waals surface area contributed by atoms with Gasteiger partial charge in [-0.1, -0.05) is 6.07 Å². The minimum absolute atomic E-state index is 0.0770. The Morgan fingerprint density at radius 2 is 2.23 bits per heavy atom. The maximum Gasteiger partial charge on any atom is 0.270 e. The zero-order valence-electron chi connectivity index (χ0n) is 14.8. The lowest BCUT2D eigenvalue weighted by molar-refractivity contribution is -0.113. The molecule has 0 spiro atoms. The van der Waals surface area contributed by atoms with Crippen LogP contribution in [-0.2, 0) is 9.53 Å². The van der Waals surface area contributed by atoms with E-state index < -0.39 is 0 Å². The Hall–Kier alpha value is -2.06.